The van der Waals surface area contributed by atoms with Crippen molar-refractivity contribution in [2.75, 3.05) is 9.80 Å². The minimum atomic E-state index is 0.835. The van der Waals surface area contributed by atoms with Gasteiger partial charge in [-0.05, 0) is 96.9 Å². The molecule has 18 rings (SSSR count). The number of furan rings is 2. The highest BCUT2D eigenvalue weighted by Crippen LogP contribution is 2.55. The van der Waals surface area contributed by atoms with Crippen LogP contribution in [0.1, 0.15) is 11.3 Å². The third-order valence-electron chi connectivity index (χ3n) is 17.8. The molecule has 0 radical (unpaired) electrons. The van der Waals surface area contributed by atoms with Gasteiger partial charge in [0.25, 0.3) is 0 Å². The molecule has 0 aliphatic rings. The van der Waals surface area contributed by atoms with E-state index < -0.39 is 0 Å². The predicted molar refractivity (Wildman–Crippen MR) is 357 cm³/mol. The number of allylic oxidation sites excluding steroid dienone is 2. The summed E-state index contributed by atoms with van der Waals surface area (Å²) in [5.74, 6) is 0.863. The van der Waals surface area contributed by atoms with Crippen molar-refractivity contribution in [2.24, 2.45) is 0 Å². The third kappa shape index (κ3) is 6.64. The first-order valence-corrected chi connectivity index (χ1v) is 29.0. The Morgan fingerprint density at radius 2 is 0.800 bits per heavy atom. The summed E-state index contributed by atoms with van der Waals surface area (Å²) in [6.07, 6.45) is 5.87. The molecular weight excluding hydrogens is 1040 g/mol. The molecule has 12 aromatic carbocycles. The normalized spacial score (nSPS) is 12.3. The second-order valence-electron chi connectivity index (χ2n) is 22.3. The van der Waals surface area contributed by atoms with Crippen molar-refractivity contribution in [1.29, 1.82) is 0 Å². The number of rotatable bonds is 10. The fourth-order valence-corrected chi connectivity index (χ4v) is 14.4. The van der Waals surface area contributed by atoms with Gasteiger partial charge in [-0.25, -0.2) is 0 Å². The van der Waals surface area contributed by atoms with Gasteiger partial charge >= 0.3 is 0 Å². The molecule has 6 aromatic heterocycles. The van der Waals surface area contributed by atoms with Crippen LogP contribution in [0.5, 0.6) is 0 Å². The minimum absolute atomic E-state index is 0.835. The quantitative estimate of drug-likeness (QED) is 0.128. The first-order chi connectivity index (χ1) is 42.1. The number of aromatic nitrogens is 2. The van der Waals surface area contributed by atoms with Crippen LogP contribution in [0.4, 0.5) is 34.1 Å². The standard InChI is InChI=1S/C79H50N4O2/c1-3-4-31-55-48(2)84-78-59(55)35-21-39-67(78)80(51-27-13-7-14-28-51)53-42-44-65-63(46-53)57-33-19-37-61-72-71(50-25-11-6-12-26-50)77-73(70(49-23-9-5-10-24-49)76(72)82(65)74(57)61)62-38-20-34-58-64-47-54(43-45-66(64)83(77)75(58)62)81(52-29-15-8-16-30-52)68-40-22-36-60-56-32-17-18-41-69(56)85-79(60)68/h3-47H,1H2,2H3/b31-4-. The van der Waals surface area contributed by atoms with Gasteiger partial charge in [0, 0.05) is 98.7 Å². The molecular formula is C79H50N4O2. The predicted octanol–water partition coefficient (Wildman–Crippen LogP) is 22.4. The molecule has 6 heteroatoms. The van der Waals surface area contributed by atoms with Crippen molar-refractivity contribution in [3.63, 3.8) is 0 Å². The van der Waals surface area contributed by atoms with E-state index in [1.165, 1.54) is 87.4 Å². The minimum Gasteiger partial charge on any atom is -0.459 e. The summed E-state index contributed by atoms with van der Waals surface area (Å²) < 4.78 is 18.6. The zero-order chi connectivity index (χ0) is 56.0. The molecule has 0 fully saturated rings. The van der Waals surface area contributed by atoms with Crippen LogP contribution >= 0.6 is 0 Å². The van der Waals surface area contributed by atoms with E-state index in [1.807, 2.05) is 25.1 Å². The smallest absolute Gasteiger partial charge is 0.159 e. The molecule has 0 saturated heterocycles. The lowest BCUT2D eigenvalue weighted by atomic mass is 9.89. The van der Waals surface area contributed by atoms with E-state index in [9.17, 15) is 0 Å². The summed E-state index contributed by atoms with van der Waals surface area (Å²) in [5, 5.41) is 12.9. The lowest BCUT2D eigenvalue weighted by Gasteiger charge is -2.25. The van der Waals surface area contributed by atoms with Gasteiger partial charge in [0.2, 0.25) is 0 Å². The Hall–Kier alpha value is -11.3. The van der Waals surface area contributed by atoms with Gasteiger partial charge in [0.15, 0.2) is 11.2 Å². The Labute approximate surface area is 488 Å². The number of benzene rings is 12. The molecule has 0 saturated carbocycles. The van der Waals surface area contributed by atoms with Gasteiger partial charge in [0.05, 0.1) is 44.5 Å². The number of fused-ring (bicyclic) bond motifs is 16. The largest absolute Gasteiger partial charge is 0.459 e. The summed E-state index contributed by atoms with van der Waals surface area (Å²) >= 11 is 0. The summed E-state index contributed by atoms with van der Waals surface area (Å²) in [6.45, 7) is 5.98. The van der Waals surface area contributed by atoms with Crippen molar-refractivity contribution in [3.05, 3.63) is 285 Å². The van der Waals surface area contributed by atoms with Crippen LogP contribution in [-0.2, 0) is 0 Å². The summed E-state index contributed by atoms with van der Waals surface area (Å²) in [5.41, 5.74) is 21.6. The van der Waals surface area contributed by atoms with E-state index in [4.69, 9.17) is 8.83 Å². The van der Waals surface area contributed by atoms with Crippen molar-refractivity contribution in [3.8, 4) is 22.3 Å². The summed E-state index contributed by atoms with van der Waals surface area (Å²) in [6, 6.07) is 92.8. The van der Waals surface area contributed by atoms with E-state index in [0.717, 1.165) is 89.4 Å². The molecule has 85 heavy (non-hydrogen) atoms. The second kappa shape index (κ2) is 18.1. The highest BCUT2D eigenvalue weighted by atomic mass is 16.3. The van der Waals surface area contributed by atoms with Crippen LogP contribution in [0, 0.1) is 6.92 Å². The molecule has 0 N–H and O–H groups in total. The second-order valence-corrected chi connectivity index (χ2v) is 22.3. The van der Waals surface area contributed by atoms with Gasteiger partial charge in [-0.1, -0.05) is 201 Å². The number of hydrogen-bond acceptors (Lipinski definition) is 4. The number of aryl methyl sites for hydroxylation is 1. The molecule has 398 valence electrons. The molecule has 0 atom stereocenters. The van der Waals surface area contributed by atoms with E-state index >= 15 is 0 Å². The summed E-state index contributed by atoms with van der Waals surface area (Å²) in [7, 11) is 0. The Bertz CT molecular complexity index is 5750. The number of anilines is 6. The molecule has 0 spiro atoms. The fourth-order valence-electron chi connectivity index (χ4n) is 14.4. The molecule has 0 bridgehead atoms. The number of nitrogens with zero attached hydrogens (tertiary/aromatic N) is 4. The molecule has 0 unspecified atom stereocenters. The topological polar surface area (TPSA) is 41.6 Å². The maximum atomic E-state index is 6.75. The Morgan fingerprint density at radius 3 is 1.33 bits per heavy atom. The molecule has 6 heterocycles. The van der Waals surface area contributed by atoms with Crippen molar-refractivity contribution in [1.82, 2.24) is 8.80 Å². The molecule has 6 nitrogen and oxygen atoms in total. The number of hydrogen-bond donors (Lipinski definition) is 0. The van der Waals surface area contributed by atoms with Gasteiger partial charge in [-0.3, -0.25) is 0 Å². The average molecular weight is 1090 g/mol. The first kappa shape index (κ1) is 47.3. The first-order valence-electron chi connectivity index (χ1n) is 29.0. The Balaban J connectivity index is 0.933. The van der Waals surface area contributed by atoms with Crippen LogP contribution in [-0.4, -0.2) is 8.80 Å². The SMILES string of the molecule is C=C/C=C\c1c(C)oc2c(N(c3ccccc3)c3ccc4c(c3)c3cccc5c6c(-c7ccccc7)c7c(c(-c8ccccc8)c6n4c35)c3cccc4c5cc(N(c6ccccc6)c6cccc8c6oc6ccccc68)ccc5n7c43)cccc12. The maximum Gasteiger partial charge on any atom is 0.159 e. The van der Waals surface area contributed by atoms with Gasteiger partial charge in [-0.15, -0.1) is 0 Å². The monoisotopic (exact) mass is 1090 g/mol. The molecule has 0 amide bonds. The summed E-state index contributed by atoms with van der Waals surface area (Å²) in [4.78, 5) is 4.70. The van der Waals surface area contributed by atoms with Gasteiger partial charge in [-0.2, -0.15) is 0 Å². The molecule has 0 aliphatic heterocycles. The van der Waals surface area contributed by atoms with Crippen LogP contribution in [0.2, 0.25) is 0 Å². The van der Waals surface area contributed by atoms with Gasteiger partial charge < -0.3 is 27.4 Å². The third-order valence-corrected chi connectivity index (χ3v) is 17.8. The Morgan fingerprint density at radius 1 is 0.365 bits per heavy atom. The van der Waals surface area contributed by atoms with E-state index in [-0.39, 0.29) is 0 Å². The van der Waals surface area contributed by atoms with E-state index in [0.29, 0.717) is 0 Å². The maximum absolute atomic E-state index is 6.75. The van der Waals surface area contributed by atoms with Crippen LogP contribution in [0.25, 0.3) is 137 Å². The molecule has 0 aliphatic carbocycles. The van der Waals surface area contributed by atoms with Crippen LogP contribution in [0.3, 0.4) is 0 Å². The van der Waals surface area contributed by atoms with E-state index in [2.05, 4.69) is 280 Å². The van der Waals surface area contributed by atoms with Crippen molar-refractivity contribution in [2.45, 2.75) is 6.92 Å². The number of para-hydroxylation sites is 7. The van der Waals surface area contributed by atoms with Crippen molar-refractivity contribution >= 4 is 149 Å². The average Bonchev–Trinajstić information content (AvgIpc) is 1.59. The zero-order valence-electron chi connectivity index (χ0n) is 46.3. The zero-order valence-corrected chi connectivity index (χ0v) is 46.3. The lowest BCUT2D eigenvalue weighted by molar-refractivity contribution is 0.578. The van der Waals surface area contributed by atoms with E-state index in [1.54, 1.807) is 0 Å². The van der Waals surface area contributed by atoms with Gasteiger partial charge in [0.1, 0.15) is 11.3 Å². The van der Waals surface area contributed by atoms with Crippen LogP contribution < -0.4 is 9.80 Å². The Kier molecular flexibility index (Phi) is 10.1. The van der Waals surface area contributed by atoms with Crippen LogP contribution in [0.15, 0.2) is 282 Å². The highest BCUT2D eigenvalue weighted by Gasteiger charge is 2.32. The lowest BCUT2D eigenvalue weighted by Crippen LogP contribution is -2.10. The molecule has 18 aromatic rings. The fraction of sp³-hybridized carbons (Fsp3) is 0.0127. The van der Waals surface area contributed by atoms with Crippen molar-refractivity contribution < 1.29 is 8.83 Å². The highest BCUT2D eigenvalue weighted by molar-refractivity contribution is 6.38.